The van der Waals surface area contributed by atoms with Gasteiger partial charge in [0.25, 0.3) is 0 Å². The Morgan fingerprint density at radius 3 is 2.31 bits per heavy atom. The normalized spacial score (nSPS) is 14.2. The lowest BCUT2D eigenvalue weighted by Crippen LogP contribution is -2.30. The number of hydrogen-bond acceptors (Lipinski definition) is 2. The molecule has 0 fully saturated rings. The van der Waals surface area contributed by atoms with Gasteiger partial charge in [0.05, 0.1) is 0 Å². The van der Waals surface area contributed by atoms with Gasteiger partial charge < -0.3 is 5.11 Å². The van der Waals surface area contributed by atoms with E-state index in [0.29, 0.717) is 5.56 Å². The average molecular weight is 191 g/mol. The zero-order chi connectivity index (χ0) is 9.90. The van der Waals surface area contributed by atoms with Crippen LogP contribution in [-0.2, 0) is 6.42 Å². The van der Waals surface area contributed by atoms with Crippen molar-refractivity contribution in [2.24, 2.45) is 0 Å². The van der Waals surface area contributed by atoms with E-state index in [1.54, 1.807) is 0 Å². The Hall–Kier alpha value is -1.10. The van der Waals surface area contributed by atoms with Gasteiger partial charge >= 0.3 is 6.18 Å². The van der Waals surface area contributed by atoms with Crippen molar-refractivity contribution in [3.05, 3.63) is 30.1 Å². The fourth-order valence-electron chi connectivity index (χ4n) is 0.858. The van der Waals surface area contributed by atoms with Crippen LogP contribution in [0.1, 0.15) is 5.56 Å². The summed E-state index contributed by atoms with van der Waals surface area (Å²) in [5.41, 5.74) is 0.417. The molecule has 0 unspecified atom stereocenters. The van der Waals surface area contributed by atoms with Gasteiger partial charge in [0.1, 0.15) is 0 Å². The molecular formula is C8H8F3NO. The van der Waals surface area contributed by atoms with E-state index in [1.807, 2.05) is 0 Å². The standard InChI is InChI=1S/C8H8F3NO/c9-8(10,11)7(13)5-6-1-3-12-4-2-6/h1-4,7,13H,5H2/t7-/m1/s1. The molecule has 1 atom stereocenters. The summed E-state index contributed by atoms with van der Waals surface area (Å²) in [6.07, 6.45) is -4.50. The van der Waals surface area contributed by atoms with E-state index < -0.39 is 18.7 Å². The van der Waals surface area contributed by atoms with E-state index in [2.05, 4.69) is 4.98 Å². The molecule has 0 aliphatic heterocycles. The van der Waals surface area contributed by atoms with Crippen molar-refractivity contribution in [2.75, 3.05) is 0 Å². The predicted octanol–water partition coefficient (Wildman–Crippen LogP) is 1.55. The first-order valence-electron chi connectivity index (χ1n) is 3.64. The number of aliphatic hydroxyl groups is 1. The minimum atomic E-state index is -4.55. The Bertz CT molecular complexity index is 260. The summed E-state index contributed by atoms with van der Waals surface area (Å²) in [5, 5.41) is 8.69. The van der Waals surface area contributed by atoms with Gasteiger partial charge in [-0.1, -0.05) is 0 Å². The van der Waals surface area contributed by atoms with Crippen molar-refractivity contribution in [3.63, 3.8) is 0 Å². The number of nitrogens with zero attached hydrogens (tertiary/aromatic N) is 1. The molecule has 1 aromatic heterocycles. The topological polar surface area (TPSA) is 33.1 Å². The summed E-state index contributed by atoms with van der Waals surface area (Å²) in [5.74, 6) is 0. The van der Waals surface area contributed by atoms with Crippen molar-refractivity contribution < 1.29 is 18.3 Å². The quantitative estimate of drug-likeness (QED) is 0.769. The first-order chi connectivity index (χ1) is 6.00. The van der Waals surface area contributed by atoms with Gasteiger partial charge in [-0.2, -0.15) is 13.2 Å². The number of hydrogen-bond donors (Lipinski definition) is 1. The maximum atomic E-state index is 11.9. The third-order valence-electron chi connectivity index (χ3n) is 1.56. The lowest BCUT2D eigenvalue weighted by atomic mass is 10.1. The van der Waals surface area contributed by atoms with Gasteiger partial charge in [-0.25, -0.2) is 0 Å². The minimum Gasteiger partial charge on any atom is -0.383 e. The molecule has 0 aliphatic rings. The molecule has 1 heterocycles. The number of alkyl halides is 3. The highest BCUT2D eigenvalue weighted by atomic mass is 19.4. The summed E-state index contributed by atoms with van der Waals surface area (Å²) in [4.78, 5) is 3.65. The molecule has 1 aromatic rings. The number of halogens is 3. The molecule has 1 N–H and O–H groups in total. The molecule has 0 aliphatic carbocycles. The first-order valence-corrected chi connectivity index (χ1v) is 3.64. The van der Waals surface area contributed by atoms with Crippen LogP contribution in [0.15, 0.2) is 24.5 Å². The monoisotopic (exact) mass is 191 g/mol. The third kappa shape index (κ3) is 3.02. The Kier molecular flexibility index (Phi) is 2.87. The molecule has 0 radical (unpaired) electrons. The second-order valence-corrected chi connectivity index (χ2v) is 2.62. The van der Waals surface area contributed by atoms with Crippen molar-refractivity contribution in [1.82, 2.24) is 4.98 Å². The largest absolute Gasteiger partial charge is 0.414 e. The Labute approximate surface area is 73.0 Å². The van der Waals surface area contributed by atoms with Crippen LogP contribution < -0.4 is 0 Å². The summed E-state index contributed by atoms with van der Waals surface area (Å²) in [6.45, 7) is 0. The van der Waals surface area contributed by atoms with Gasteiger partial charge in [0.2, 0.25) is 0 Å². The SMILES string of the molecule is O[C@H](Cc1ccncc1)C(F)(F)F. The van der Waals surface area contributed by atoms with Crippen LogP contribution in [-0.4, -0.2) is 22.4 Å². The highest BCUT2D eigenvalue weighted by molar-refractivity contribution is 5.11. The number of rotatable bonds is 2. The lowest BCUT2D eigenvalue weighted by molar-refractivity contribution is -0.203. The van der Waals surface area contributed by atoms with E-state index in [4.69, 9.17) is 5.11 Å². The average Bonchev–Trinajstić information content (AvgIpc) is 2.04. The summed E-state index contributed by atoms with van der Waals surface area (Å²) >= 11 is 0. The molecular weight excluding hydrogens is 183 g/mol. The van der Waals surface area contributed by atoms with Gasteiger partial charge in [-0.05, 0) is 17.7 Å². The van der Waals surface area contributed by atoms with Crippen LogP contribution in [0.2, 0.25) is 0 Å². The van der Waals surface area contributed by atoms with Gasteiger partial charge in [0.15, 0.2) is 6.10 Å². The molecule has 0 spiro atoms. The predicted molar refractivity (Wildman–Crippen MR) is 40.0 cm³/mol. The third-order valence-corrected chi connectivity index (χ3v) is 1.56. The molecule has 13 heavy (non-hydrogen) atoms. The van der Waals surface area contributed by atoms with Crippen molar-refractivity contribution in [1.29, 1.82) is 0 Å². The molecule has 1 rings (SSSR count). The maximum Gasteiger partial charge on any atom is 0.414 e. The number of aliphatic hydroxyl groups excluding tert-OH is 1. The maximum absolute atomic E-state index is 11.9. The van der Waals surface area contributed by atoms with Crippen molar-refractivity contribution in [3.8, 4) is 0 Å². The fraction of sp³-hybridized carbons (Fsp3) is 0.375. The smallest absolute Gasteiger partial charge is 0.383 e. The van der Waals surface area contributed by atoms with E-state index in [9.17, 15) is 13.2 Å². The molecule has 0 bridgehead atoms. The van der Waals surface area contributed by atoms with Gasteiger partial charge in [0, 0.05) is 18.8 Å². The van der Waals surface area contributed by atoms with E-state index >= 15 is 0 Å². The molecule has 0 amide bonds. The van der Waals surface area contributed by atoms with E-state index in [1.165, 1.54) is 24.5 Å². The van der Waals surface area contributed by atoms with Crippen LogP contribution >= 0.6 is 0 Å². The summed E-state index contributed by atoms with van der Waals surface area (Å²) in [7, 11) is 0. The highest BCUT2D eigenvalue weighted by Gasteiger charge is 2.37. The zero-order valence-electron chi connectivity index (χ0n) is 6.62. The van der Waals surface area contributed by atoms with Crippen LogP contribution in [0.4, 0.5) is 13.2 Å². The highest BCUT2D eigenvalue weighted by Crippen LogP contribution is 2.22. The molecule has 0 saturated carbocycles. The zero-order valence-corrected chi connectivity index (χ0v) is 6.62. The molecule has 5 heteroatoms. The second kappa shape index (κ2) is 3.74. The minimum absolute atomic E-state index is 0.417. The molecule has 72 valence electrons. The van der Waals surface area contributed by atoms with Gasteiger partial charge in [-0.15, -0.1) is 0 Å². The summed E-state index contributed by atoms with van der Waals surface area (Å²) in [6, 6.07) is 2.88. The van der Waals surface area contributed by atoms with Crippen molar-refractivity contribution in [2.45, 2.75) is 18.7 Å². The molecule has 0 aromatic carbocycles. The van der Waals surface area contributed by atoms with Crippen LogP contribution in [0.25, 0.3) is 0 Å². The first kappa shape index (κ1) is 9.98. The van der Waals surface area contributed by atoms with Gasteiger partial charge in [-0.3, -0.25) is 4.98 Å². The fourth-order valence-corrected chi connectivity index (χ4v) is 0.858. The van der Waals surface area contributed by atoms with Crippen molar-refractivity contribution >= 4 is 0 Å². The Balaban J connectivity index is 2.61. The van der Waals surface area contributed by atoms with E-state index in [-0.39, 0.29) is 0 Å². The summed E-state index contributed by atoms with van der Waals surface area (Å²) < 4.78 is 35.6. The molecule has 0 saturated heterocycles. The second-order valence-electron chi connectivity index (χ2n) is 2.62. The Morgan fingerprint density at radius 2 is 1.85 bits per heavy atom. The van der Waals surface area contributed by atoms with Crippen LogP contribution in [0.3, 0.4) is 0 Å². The van der Waals surface area contributed by atoms with Crippen LogP contribution in [0, 0.1) is 0 Å². The molecule has 2 nitrogen and oxygen atoms in total. The number of pyridine rings is 1. The van der Waals surface area contributed by atoms with E-state index in [0.717, 1.165) is 0 Å². The Morgan fingerprint density at radius 1 is 1.31 bits per heavy atom. The number of aromatic nitrogens is 1. The van der Waals surface area contributed by atoms with Crippen LogP contribution in [0.5, 0.6) is 0 Å². The lowest BCUT2D eigenvalue weighted by Gasteiger charge is -2.13.